The minimum atomic E-state index is -0.184. The normalized spacial score (nSPS) is 11.5. The van der Waals surface area contributed by atoms with Gasteiger partial charge in [0.05, 0.1) is 29.4 Å². The molecule has 0 spiro atoms. The topological polar surface area (TPSA) is 74.3 Å². The van der Waals surface area contributed by atoms with Gasteiger partial charge in [-0.25, -0.2) is 14.6 Å². The molecule has 3 aromatic heterocycles. The molecule has 0 N–H and O–H groups in total. The Morgan fingerprint density at radius 1 is 0.818 bits per heavy atom. The predicted octanol–water partition coefficient (Wildman–Crippen LogP) is 4.57. The molecule has 7 heteroatoms. The second-order valence-electron chi connectivity index (χ2n) is 7.76. The summed E-state index contributed by atoms with van der Waals surface area (Å²) in [6.07, 6.45) is 0. The third-order valence-electron chi connectivity index (χ3n) is 5.79. The Morgan fingerprint density at radius 2 is 1.55 bits per heavy atom. The standard InChI is InChI=1S/C26H19N5O2/c1-16-23(32)22-25-27-19-13-7-8-14-20(19)30(25)24(18-12-6-9-15-21(18)33-2)28-26(22)31(29-16)17-10-4-3-5-11-17/h3-15H,1-2H3. The van der Waals surface area contributed by atoms with Crippen molar-refractivity contribution in [1.82, 2.24) is 24.1 Å². The highest BCUT2D eigenvalue weighted by atomic mass is 16.5. The number of aromatic nitrogens is 5. The summed E-state index contributed by atoms with van der Waals surface area (Å²) in [5, 5.41) is 5.01. The van der Waals surface area contributed by atoms with Gasteiger partial charge in [0, 0.05) is 0 Å². The quantitative estimate of drug-likeness (QED) is 0.409. The van der Waals surface area contributed by atoms with E-state index in [1.54, 1.807) is 18.7 Å². The summed E-state index contributed by atoms with van der Waals surface area (Å²) in [5.74, 6) is 1.30. The van der Waals surface area contributed by atoms with Gasteiger partial charge in [0.25, 0.3) is 0 Å². The zero-order chi connectivity index (χ0) is 22.5. The van der Waals surface area contributed by atoms with E-state index in [-0.39, 0.29) is 5.43 Å². The van der Waals surface area contributed by atoms with Crippen LogP contribution in [0.3, 0.4) is 0 Å². The molecule has 160 valence electrons. The SMILES string of the molecule is COc1ccccc1-c1nc2c(c(=O)c(C)nn2-c2ccccc2)c2nc3ccccc3n12. The largest absolute Gasteiger partial charge is 0.496 e. The molecule has 0 bridgehead atoms. The van der Waals surface area contributed by atoms with Crippen molar-refractivity contribution in [1.29, 1.82) is 0 Å². The molecule has 33 heavy (non-hydrogen) atoms. The van der Waals surface area contributed by atoms with Crippen LogP contribution in [0.1, 0.15) is 5.69 Å². The smallest absolute Gasteiger partial charge is 0.216 e. The fraction of sp³-hybridized carbons (Fsp3) is 0.0769. The number of aryl methyl sites for hydroxylation is 1. The maximum atomic E-state index is 13.4. The van der Waals surface area contributed by atoms with Gasteiger partial charge in [-0.1, -0.05) is 42.5 Å². The molecule has 0 radical (unpaired) electrons. The van der Waals surface area contributed by atoms with E-state index < -0.39 is 0 Å². The molecule has 0 amide bonds. The van der Waals surface area contributed by atoms with Crippen molar-refractivity contribution >= 4 is 27.7 Å². The van der Waals surface area contributed by atoms with Crippen LogP contribution in [0.4, 0.5) is 0 Å². The molecule has 0 aliphatic heterocycles. The van der Waals surface area contributed by atoms with E-state index in [9.17, 15) is 4.79 Å². The van der Waals surface area contributed by atoms with E-state index in [1.807, 2.05) is 83.3 Å². The van der Waals surface area contributed by atoms with E-state index in [4.69, 9.17) is 14.7 Å². The molecule has 0 unspecified atom stereocenters. The number of hydrogen-bond acceptors (Lipinski definition) is 5. The first-order valence-electron chi connectivity index (χ1n) is 10.6. The monoisotopic (exact) mass is 433 g/mol. The summed E-state index contributed by atoms with van der Waals surface area (Å²) in [5.41, 5.74) is 4.43. The van der Waals surface area contributed by atoms with Gasteiger partial charge < -0.3 is 4.74 Å². The Bertz CT molecular complexity index is 1740. The third-order valence-corrected chi connectivity index (χ3v) is 5.79. The number of imidazole rings is 1. The van der Waals surface area contributed by atoms with Crippen molar-refractivity contribution in [2.45, 2.75) is 6.92 Å². The minimum absolute atomic E-state index is 0.184. The van der Waals surface area contributed by atoms with Crippen LogP contribution in [-0.4, -0.2) is 31.3 Å². The molecule has 6 rings (SSSR count). The molecule has 7 nitrogen and oxygen atoms in total. The summed E-state index contributed by atoms with van der Waals surface area (Å²) in [6.45, 7) is 1.72. The highest BCUT2D eigenvalue weighted by Gasteiger charge is 2.22. The predicted molar refractivity (Wildman–Crippen MR) is 128 cm³/mol. The van der Waals surface area contributed by atoms with E-state index in [2.05, 4.69) is 5.10 Å². The average molecular weight is 433 g/mol. The van der Waals surface area contributed by atoms with Crippen LogP contribution < -0.4 is 10.2 Å². The molecule has 0 aliphatic carbocycles. The minimum Gasteiger partial charge on any atom is -0.496 e. The van der Waals surface area contributed by atoms with Crippen molar-refractivity contribution in [3.63, 3.8) is 0 Å². The van der Waals surface area contributed by atoms with Crippen molar-refractivity contribution in [2.75, 3.05) is 7.11 Å². The molecule has 3 heterocycles. The van der Waals surface area contributed by atoms with Crippen molar-refractivity contribution < 1.29 is 4.74 Å². The van der Waals surface area contributed by atoms with Crippen LogP contribution in [0, 0.1) is 6.92 Å². The fourth-order valence-corrected chi connectivity index (χ4v) is 4.25. The first-order chi connectivity index (χ1) is 16.2. The zero-order valence-corrected chi connectivity index (χ0v) is 18.1. The van der Waals surface area contributed by atoms with Crippen LogP contribution in [0.15, 0.2) is 83.7 Å². The van der Waals surface area contributed by atoms with E-state index in [0.29, 0.717) is 33.9 Å². The lowest BCUT2D eigenvalue weighted by molar-refractivity contribution is 0.416. The summed E-state index contributed by atoms with van der Waals surface area (Å²) in [6, 6.07) is 25.2. The fourth-order valence-electron chi connectivity index (χ4n) is 4.25. The molecule has 0 aliphatic rings. The highest BCUT2D eigenvalue weighted by Crippen LogP contribution is 2.33. The second-order valence-corrected chi connectivity index (χ2v) is 7.76. The molecule has 0 fully saturated rings. The number of benzene rings is 3. The lowest BCUT2D eigenvalue weighted by Crippen LogP contribution is -2.19. The maximum Gasteiger partial charge on any atom is 0.216 e. The Kier molecular flexibility index (Phi) is 4.23. The number of fused-ring (bicyclic) bond motifs is 5. The Hall–Kier alpha value is -4.52. The van der Waals surface area contributed by atoms with Crippen LogP contribution in [0.5, 0.6) is 5.75 Å². The Morgan fingerprint density at radius 3 is 2.36 bits per heavy atom. The second kappa shape index (κ2) is 7.27. The van der Waals surface area contributed by atoms with E-state index in [1.165, 1.54) is 0 Å². The summed E-state index contributed by atoms with van der Waals surface area (Å²) in [4.78, 5) is 23.3. The molecule has 0 atom stereocenters. The zero-order valence-electron chi connectivity index (χ0n) is 18.1. The van der Waals surface area contributed by atoms with Gasteiger partial charge in [-0.15, -0.1) is 0 Å². The van der Waals surface area contributed by atoms with Gasteiger partial charge in [0.15, 0.2) is 17.1 Å². The molecular weight excluding hydrogens is 414 g/mol. The number of para-hydroxylation sites is 4. The Balaban J connectivity index is 1.89. The van der Waals surface area contributed by atoms with E-state index in [0.717, 1.165) is 22.3 Å². The lowest BCUT2D eigenvalue weighted by Gasteiger charge is -2.15. The van der Waals surface area contributed by atoms with Crippen LogP contribution >= 0.6 is 0 Å². The van der Waals surface area contributed by atoms with Gasteiger partial charge in [-0.3, -0.25) is 9.20 Å². The molecule has 3 aromatic carbocycles. The molecule has 0 saturated carbocycles. The van der Waals surface area contributed by atoms with Crippen LogP contribution in [0.25, 0.3) is 44.8 Å². The molecule has 6 aromatic rings. The number of rotatable bonds is 3. The van der Waals surface area contributed by atoms with E-state index >= 15 is 0 Å². The first-order valence-corrected chi connectivity index (χ1v) is 10.6. The number of methoxy groups -OCH3 is 1. The number of hydrogen-bond donors (Lipinski definition) is 0. The van der Waals surface area contributed by atoms with Gasteiger partial charge >= 0.3 is 0 Å². The molecule has 0 saturated heterocycles. The van der Waals surface area contributed by atoms with Crippen molar-refractivity contribution in [3.8, 4) is 22.8 Å². The molecular formula is C26H19N5O2. The summed E-state index contributed by atoms with van der Waals surface area (Å²) in [7, 11) is 1.63. The average Bonchev–Trinajstić information content (AvgIpc) is 3.25. The first kappa shape index (κ1) is 19.2. The number of nitrogens with zero attached hydrogens (tertiary/aromatic N) is 5. The number of ether oxygens (including phenoxy) is 1. The highest BCUT2D eigenvalue weighted by molar-refractivity contribution is 5.97. The van der Waals surface area contributed by atoms with Crippen molar-refractivity contribution in [3.05, 3.63) is 94.8 Å². The maximum absolute atomic E-state index is 13.4. The van der Waals surface area contributed by atoms with Gasteiger partial charge in [-0.2, -0.15) is 5.10 Å². The van der Waals surface area contributed by atoms with Gasteiger partial charge in [0.2, 0.25) is 5.43 Å². The van der Waals surface area contributed by atoms with Crippen LogP contribution in [0.2, 0.25) is 0 Å². The van der Waals surface area contributed by atoms with Gasteiger partial charge in [0.1, 0.15) is 16.8 Å². The summed E-state index contributed by atoms with van der Waals surface area (Å²) >= 11 is 0. The summed E-state index contributed by atoms with van der Waals surface area (Å²) < 4.78 is 9.30. The third kappa shape index (κ3) is 2.82. The Labute approximate surface area is 188 Å². The van der Waals surface area contributed by atoms with Crippen molar-refractivity contribution in [2.24, 2.45) is 0 Å². The van der Waals surface area contributed by atoms with Gasteiger partial charge in [-0.05, 0) is 43.3 Å². The van der Waals surface area contributed by atoms with Crippen LogP contribution in [-0.2, 0) is 0 Å². The lowest BCUT2D eigenvalue weighted by atomic mass is 10.1.